The molecule has 0 radical (unpaired) electrons. The van der Waals surface area contributed by atoms with E-state index in [2.05, 4.69) is 24.5 Å². The van der Waals surface area contributed by atoms with Crippen molar-refractivity contribution in [2.24, 2.45) is 0 Å². The number of hydrogen-bond acceptors (Lipinski definition) is 4. The van der Waals surface area contributed by atoms with Crippen LogP contribution in [-0.4, -0.2) is 38.0 Å². The molecule has 6 nitrogen and oxygen atoms in total. The van der Waals surface area contributed by atoms with Crippen molar-refractivity contribution < 1.29 is 19.1 Å². The number of alkyl carbamates (subject to hydrolysis) is 2. The third-order valence-electron chi connectivity index (χ3n) is 8.73. The summed E-state index contributed by atoms with van der Waals surface area (Å²) in [7, 11) is 0. The summed E-state index contributed by atoms with van der Waals surface area (Å²) in [5.74, 6) is 0. The molecular formula is C38H76N2O4. The van der Waals surface area contributed by atoms with Gasteiger partial charge in [0.15, 0.2) is 0 Å². The molecule has 44 heavy (non-hydrogen) atoms. The molecule has 0 aromatic carbocycles. The third kappa shape index (κ3) is 33.4. The van der Waals surface area contributed by atoms with Crippen LogP contribution in [0, 0.1) is 0 Å². The van der Waals surface area contributed by atoms with Crippen molar-refractivity contribution >= 4 is 12.2 Å². The highest BCUT2D eigenvalue weighted by molar-refractivity contribution is 5.68. The molecule has 0 heterocycles. The minimum Gasteiger partial charge on any atom is -0.446 e. The van der Waals surface area contributed by atoms with Crippen molar-refractivity contribution in [3.05, 3.63) is 0 Å². The molecule has 0 saturated heterocycles. The summed E-state index contributed by atoms with van der Waals surface area (Å²) in [6.07, 6.45) is 36.3. The highest BCUT2D eigenvalue weighted by Gasteiger charge is 2.14. The highest BCUT2D eigenvalue weighted by Crippen LogP contribution is 2.14. The fourth-order valence-electron chi connectivity index (χ4n) is 5.67. The Morgan fingerprint density at radius 3 is 1.05 bits per heavy atom. The lowest BCUT2D eigenvalue weighted by Gasteiger charge is -2.17. The highest BCUT2D eigenvalue weighted by atomic mass is 16.6. The third-order valence-corrected chi connectivity index (χ3v) is 8.73. The Morgan fingerprint density at radius 2 is 0.727 bits per heavy atom. The largest absolute Gasteiger partial charge is 0.446 e. The Balaban J connectivity index is 3.49. The van der Waals surface area contributed by atoms with Crippen molar-refractivity contribution in [1.29, 1.82) is 0 Å². The van der Waals surface area contributed by atoms with Crippen molar-refractivity contribution in [3.8, 4) is 0 Å². The van der Waals surface area contributed by atoms with Gasteiger partial charge < -0.3 is 20.1 Å². The van der Waals surface area contributed by atoms with Crippen LogP contribution in [0.15, 0.2) is 0 Å². The second kappa shape index (κ2) is 36.0. The molecule has 262 valence electrons. The molecule has 0 aliphatic rings. The number of carbonyl (C=O) groups is 2. The number of carbonyl (C=O) groups excluding carboxylic acids is 2. The molecule has 0 aromatic rings. The van der Waals surface area contributed by atoms with Crippen molar-refractivity contribution in [2.75, 3.05) is 19.7 Å². The molecule has 2 amide bonds. The maximum Gasteiger partial charge on any atom is 0.407 e. The normalized spacial score (nSPS) is 11.8. The smallest absolute Gasteiger partial charge is 0.407 e. The van der Waals surface area contributed by atoms with Gasteiger partial charge in [-0.1, -0.05) is 188 Å². The number of unbranched alkanes of at least 4 members (excludes halogenated alkanes) is 26. The molecule has 0 saturated carbocycles. The van der Waals surface area contributed by atoms with Crippen LogP contribution in [0.3, 0.4) is 0 Å². The van der Waals surface area contributed by atoms with Gasteiger partial charge in [0.05, 0.1) is 0 Å². The van der Waals surface area contributed by atoms with Gasteiger partial charge in [0.25, 0.3) is 0 Å². The Bertz CT molecular complexity index is 601. The Kier molecular flexibility index (Phi) is 34.8. The van der Waals surface area contributed by atoms with E-state index in [1.165, 1.54) is 154 Å². The molecule has 0 aliphatic carbocycles. The van der Waals surface area contributed by atoms with Crippen LogP contribution >= 0.6 is 0 Å². The average Bonchev–Trinajstić information content (AvgIpc) is 3.02. The summed E-state index contributed by atoms with van der Waals surface area (Å²) in [6, 6.07) is 0. The lowest BCUT2D eigenvalue weighted by atomic mass is 10.0. The predicted molar refractivity (Wildman–Crippen MR) is 189 cm³/mol. The first-order valence-corrected chi connectivity index (χ1v) is 19.5. The van der Waals surface area contributed by atoms with Gasteiger partial charge in [-0.2, -0.15) is 0 Å². The molecule has 2 N–H and O–H groups in total. The van der Waals surface area contributed by atoms with E-state index in [1.54, 1.807) is 0 Å². The van der Waals surface area contributed by atoms with Crippen LogP contribution in [0.4, 0.5) is 9.59 Å². The van der Waals surface area contributed by atoms with E-state index < -0.39 is 18.3 Å². The minimum absolute atomic E-state index is 0.0906. The number of ether oxygens (including phenoxy) is 2. The van der Waals surface area contributed by atoms with Crippen molar-refractivity contribution in [1.82, 2.24) is 10.6 Å². The van der Waals surface area contributed by atoms with Gasteiger partial charge in [-0.15, -0.1) is 0 Å². The number of hydrogen-bond donors (Lipinski definition) is 2. The zero-order valence-corrected chi connectivity index (χ0v) is 29.8. The lowest BCUT2D eigenvalue weighted by molar-refractivity contribution is 0.0424. The summed E-state index contributed by atoms with van der Waals surface area (Å²) in [4.78, 5) is 24.2. The van der Waals surface area contributed by atoms with E-state index in [4.69, 9.17) is 9.47 Å². The molecule has 1 unspecified atom stereocenters. The van der Waals surface area contributed by atoms with E-state index in [0.717, 1.165) is 25.7 Å². The van der Waals surface area contributed by atoms with Gasteiger partial charge in [-0.3, -0.25) is 0 Å². The summed E-state index contributed by atoms with van der Waals surface area (Å²) in [5, 5.41) is 5.67. The van der Waals surface area contributed by atoms with Gasteiger partial charge in [0.1, 0.15) is 12.7 Å². The van der Waals surface area contributed by atoms with Crippen LogP contribution < -0.4 is 10.6 Å². The standard InChI is InChI=1S/C38H76N2O4/c1-4-7-9-11-13-15-17-19-21-23-25-27-29-31-33-39-37(41)43-35-36(6-3)44-38(42)40-34-32-30-28-26-24-22-20-18-16-14-12-10-8-5-2/h36H,4-35H2,1-3H3,(H,39,41)(H,40,42). The maximum absolute atomic E-state index is 12.1. The second-order valence-corrected chi connectivity index (χ2v) is 13.1. The number of rotatable bonds is 34. The molecule has 0 bridgehead atoms. The zero-order chi connectivity index (χ0) is 32.2. The SMILES string of the molecule is CCCCCCCCCCCCCCCCNC(=O)OCC(CC)OC(=O)NCCCCCCCCCCCCCCCC. The van der Waals surface area contributed by atoms with Crippen molar-refractivity contribution in [2.45, 2.75) is 213 Å². The molecule has 0 aromatic heterocycles. The Morgan fingerprint density at radius 1 is 0.432 bits per heavy atom. The van der Waals surface area contributed by atoms with Gasteiger partial charge >= 0.3 is 12.2 Å². The minimum atomic E-state index is -0.426. The first-order valence-electron chi connectivity index (χ1n) is 19.5. The van der Waals surface area contributed by atoms with Crippen LogP contribution in [-0.2, 0) is 9.47 Å². The molecule has 1 atom stereocenters. The van der Waals surface area contributed by atoms with Crippen LogP contribution in [0.5, 0.6) is 0 Å². The fourth-order valence-corrected chi connectivity index (χ4v) is 5.67. The predicted octanol–water partition coefficient (Wildman–Crippen LogP) is 12.2. The van der Waals surface area contributed by atoms with E-state index >= 15 is 0 Å². The monoisotopic (exact) mass is 625 g/mol. The summed E-state index contributed by atoms with van der Waals surface area (Å²) >= 11 is 0. The first-order chi connectivity index (χ1) is 21.6. The fraction of sp³-hybridized carbons (Fsp3) is 0.947. The second-order valence-electron chi connectivity index (χ2n) is 13.1. The van der Waals surface area contributed by atoms with E-state index in [0.29, 0.717) is 19.5 Å². The summed E-state index contributed by atoms with van der Waals surface area (Å²) in [5.41, 5.74) is 0. The van der Waals surface area contributed by atoms with Crippen molar-refractivity contribution in [3.63, 3.8) is 0 Å². The van der Waals surface area contributed by atoms with E-state index in [-0.39, 0.29) is 6.61 Å². The number of amides is 2. The Hall–Kier alpha value is -1.46. The summed E-state index contributed by atoms with van der Waals surface area (Å²) < 4.78 is 10.7. The topological polar surface area (TPSA) is 76.7 Å². The van der Waals surface area contributed by atoms with Crippen LogP contribution in [0.2, 0.25) is 0 Å². The van der Waals surface area contributed by atoms with Crippen LogP contribution in [0.1, 0.15) is 207 Å². The van der Waals surface area contributed by atoms with E-state index in [9.17, 15) is 9.59 Å². The lowest BCUT2D eigenvalue weighted by Crippen LogP contribution is -2.34. The average molecular weight is 625 g/mol. The molecule has 0 fully saturated rings. The molecule has 0 spiro atoms. The molecule has 0 aliphatic heterocycles. The van der Waals surface area contributed by atoms with Gasteiger partial charge in [0, 0.05) is 13.1 Å². The molecule has 6 heteroatoms. The van der Waals surface area contributed by atoms with Gasteiger partial charge in [-0.25, -0.2) is 9.59 Å². The van der Waals surface area contributed by atoms with Crippen LogP contribution in [0.25, 0.3) is 0 Å². The Labute approximate surface area is 274 Å². The van der Waals surface area contributed by atoms with E-state index in [1.807, 2.05) is 6.92 Å². The number of nitrogens with one attached hydrogen (secondary N) is 2. The first kappa shape index (κ1) is 42.5. The molecule has 0 rings (SSSR count). The zero-order valence-electron chi connectivity index (χ0n) is 29.8. The van der Waals surface area contributed by atoms with Gasteiger partial charge in [0.2, 0.25) is 0 Å². The quantitative estimate of drug-likeness (QED) is 0.0698. The molecular weight excluding hydrogens is 548 g/mol. The summed E-state index contributed by atoms with van der Waals surface area (Å²) in [6.45, 7) is 7.83. The van der Waals surface area contributed by atoms with Gasteiger partial charge in [-0.05, 0) is 19.3 Å². The maximum atomic E-state index is 12.1.